The van der Waals surface area contributed by atoms with E-state index >= 15 is 0 Å². The van der Waals surface area contributed by atoms with Crippen molar-refractivity contribution in [2.75, 3.05) is 47.5 Å². The molecule has 0 saturated heterocycles. The zero-order chi connectivity index (χ0) is 50.6. The molecule has 0 aromatic heterocycles. The first-order chi connectivity index (χ1) is 33.6. The minimum atomic E-state index is -1.55. The van der Waals surface area contributed by atoms with Crippen LogP contribution in [0, 0.1) is 0 Å². The number of aliphatic carboxylic acids is 1. The molecule has 384 valence electrons. The molecule has 0 aliphatic heterocycles. The van der Waals surface area contributed by atoms with E-state index in [0.717, 1.165) is 103 Å². The Bertz CT molecular complexity index is 1680. The molecule has 1 N–H and O–H groups in total. The van der Waals surface area contributed by atoms with Gasteiger partial charge in [-0.25, -0.2) is 4.79 Å². The molecule has 0 aromatic carbocycles. The van der Waals surface area contributed by atoms with Crippen LogP contribution in [0.1, 0.15) is 142 Å². The number of hydrogen-bond acceptors (Lipinski definition) is 7. The van der Waals surface area contributed by atoms with E-state index in [0.29, 0.717) is 23.9 Å². The minimum absolute atomic E-state index is 0.0535. The van der Waals surface area contributed by atoms with Gasteiger partial charge in [-0.1, -0.05) is 185 Å². The quantitative estimate of drug-likeness (QED) is 0.0211. The molecule has 2 unspecified atom stereocenters. The number of esters is 2. The first-order valence-electron chi connectivity index (χ1n) is 25.6. The van der Waals surface area contributed by atoms with Crippen molar-refractivity contribution < 1.29 is 42.9 Å². The Morgan fingerprint density at radius 3 is 1.22 bits per heavy atom. The molecule has 2 atom stereocenters. The molecule has 9 heteroatoms. The number of carbonyl (C=O) groups excluding carboxylic acids is 2. The highest BCUT2D eigenvalue weighted by molar-refractivity contribution is 5.72. The lowest BCUT2D eigenvalue weighted by atomic mass is 10.1. The number of carboxylic acid groups (broad SMARTS) is 1. The van der Waals surface area contributed by atoms with Gasteiger partial charge in [-0.05, 0) is 103 Å². The van der Waals surface area contributed by atoms with Crippen molar-refractivity contribution in [3.63, 3.8) is 0 Å². The van der Waals surface area contributed by atoms with Crippen LogP contribution >= 0.6 is 0 Å². The van der Waals surface area contributed by atoms with Crippen LogP contribution in [0.2, 0.25) is 0 Å². The summed E-state index contributed by atoms with van der Waals surface area (Å²) in [5, 5.41) is 9.66. The van der Waals surface area contributed by atoms with Gasteiger partial charge in [0.25, 0.3) is 6.29 Å². The normalized spacial score (nSPS) is 14.2. The van der Waals surface area contributed by atoms with E-state index < -0.39 is 30.3 Å². The standard InChI is InChI=1S/C60H91NO8/c1-6-8-10-12-14-16-18-20-22-23-24-25-26-27-28-29-30-31-32-33-34-35-37-39-41-43-45-47-49-51-58(63)69-56(55-68-60(59(64)65)66-53-52-61(3,4)5)54-67-57(62)50-48-46-44-42-40-38-36-21-19-17-15-13-11-9-7-2/h8-11,14-17,20-22,24-25,27-28,30-31,33-34,36-37,39-40,42,46,48,56,60H,6-7,12-13,18-19,23,26,29,32,35,38,41,43-45,47,49-55H2,1-5H3/p+1/b10-8-,11-9-,16-14-,17-15-,22-20-,25-24-,28-27-,31-30-,34-33-,36-21-,39-37-,42-40-,48-46-. The van der Waals surface area contributed by atoms with Crippen molar-refractivity contribution in [3.05, 3.63) is 158 Å². The van der Waals surface area contributed by atoms with Gasteiger partial charge < -0.3 is 28.5 Å². The second-order valence-corrected chi connectivity index (χ2v) is 17.4. The second-order valence-electron chi connectivity index (χ2n) is 17.4. The van der Waals surface area contributed by atoms with Crippen molar-refractivity contribution in [1.29, 1.82) is 0 Å². The number of unbranched alkanes of at least 4 members (excludes halogenated alkanes) is 4. The number of nitrogens with zero attached hydrogens (tertiary/aromatic N) is 1. The number of rotatable bonds is 44. The summed E-state index contributed by atoms with van der Waals surface area (Å²) < 4.78 is 22.6. The monoisotopic (exact) mass is 955 g/mol. The molecule has 0 saturated carbocycles. The van der Waals surface area contributed by atoms with E-state index in [9.17, 15) is 19.5 Å². The van der Waals surface area contributed by atoms with E-state index in [-0.39, 0.29) is 32.7 Å². The van der Waals surface area contributed by atoms with Gasteiger partial charge in [0, 0.05) is 6.42 Å². The van der Waals surface area contributed by atoms with Gasteiger partial charge in [0.1, 0.15) is 13.2 Å². The first-order valence-corrected chi connectivity index (χ1v) is 25.6. The van der Waals surface area contributed by atoms with Gasteiger partial charge in [0.05, 0.1) is 40.8 Å². The summed E-state index contributed by atoms with van der Waals surface area (Å²) in [7, 11) is 5.91. The molecular weight excluding hydrogens is 863 g/mol. The number of likely N-dealkylation sites (N-methyl/N-ethyl adjacent to an activating group) is 1. The van der Waals surface area contributed by atoms with Gasteiger partial charge in [0.2, 0.25) is 0 Å². The fraction of sp³-hybridized carbons (Fsp3) is 0.517. The van der Waals surface area contributed by atoms with Crippen LogP contribution < -0.4 is 0 Å². The summed E-state index contributed by atoms with van der Waals surface area (Å²) in [5.74, 6) is -2.23. The molecule has 0 heterocycles. The lowest BCUT2D eigenvalue weighted by Gasteiger charge is -2.25. The zero-order valence-electron chi connectivity index (χ0n) is 43.4. The van der Waals surface area contributed by atoms with Gasteiger partial charge in [-0.3, -0.25) is 9.59 Å². The van der Waals surface area contributed by atoms with Gasteiger partial charge in [0.15, 0.2) is 6.10 Å². The van der Waals surface area contributed by atoms with Gasteiger partial charge in [-0.15, -0.1) is 0 Å². The number of carbonyl (C=O) groups is 3. The molecule has 0 aromatic rings. The Labute approximate surface area is 419 Å². The Kier molecular flexibility index (Phi) is 45.7. The van der Waals surface area contributed by atoms with Crippen LogP contribution in [0.3, 0.4) is 0 Å². The molecule has 0 amide bonds. The third-order valence-electron chi connectivity index (χ3n) is 9.81. The molecule has 0 radical (unpaired) electrons. The zero-order valence-corrected chi connectivity index (χ0v) is 43.4. The van der Waals surface area contributed by atoms with Crippen LogP contribution in [0.25, 0.3) is 0 Å². The molecule has 0 spiro atoms. The van der Waals surface area contributed by atoms with Crippen LogP contribution in [0.15, 0.2) is 158 Å². The number of quaternary nitrogens is 1. The number of hydrogen-bond donors (Lipinski definition) is 1. The Hall–Kier alpha value is -5.09. The predicted molar refractivity (Wildman–Crippen MR) is 290 cm³/mol. The average Bonchev–Trinajstić information content (AvgIpc) is 3.31. The first kappa shape index (κ1) is 63.9. The van der Waals surface area contributed by atoms with Crippen molar-refractivity contribution >= 4 is 17.9 Å². The van der Waals surface area contributed by atoms with Gasteiger partial charge in [-0.2, -0.15) is 0 Å². The van der Waals surface area contributed by atoms with E-state index in [2.05, 4.69) is 154 Å². The Morgan fingerprint density at radius 1 is 0.449 bits per heavy atom. The molecule has 0 aliphatic carbocycles. The van der Waals surface area contributed by atoms with E-state index in [4.69, 9.17) is 18.9 Å². The summed E-state index contributed by atoms with van der Waals surface area (Å²) in [5.41, 5.74) is 0. The maximum Gasteiger partial charge on any atom is 0.361 e. The maximum absolute atomic E-state index is 12.8. The molecule has 0 aliphatic rings. The van der Waals surface area contributed by atoms with E-state index in [1.54, 1.807) is 6.08 Å². The molecule has 0 rings (SSSR count). The predicted octanol–water partition coefficient (Wildman–Crippen LogP) is 14.7. The summed E-state index contributed by atoms with van der Waals surface area (Å²) >= 11 is 0. The average molecular weight is 955 g/mol. The van der Waals surface area contributed by atoms with Crippen LogP contribution in [0.5, 0.6) is 0 Å². The molecular formula is C60H92NO8+. The Morgan fingerprint density at radius 2 is 0.826 bits per heavy atom. The van der Waals surface area contributed by atoms with E-state index in [1.807, 2.05) is 33.3 Å². The van der Waals surface area contributed by atoms with Crippen molar-refractivity contribution in [1.82, 2.24) is 0 Å². The summed E-state index contributed by atoms with van der Waals surface area (Å²) in [6, 6.07) is 0. The largest absolute Gasteiger partial charge is 0.477 e. The second kappa shape index (κ2) is 49.3. The lowest BCUT2D eigenvalue weighted by molar-refractivity contribution is -0.870. The van der Waals surface area contributed by atoms with Crippen molar-refractivity contribution in [2.45, 2.75) is 155 Å². The lowest BCUT2D eigenvalue weighted by Crippen LogP contribution is -2.40. The summed E-state index contributed by atoms with van der Waals surface area (Å²) in [6.07, 6.45) is 70.6. The molecule has 9 nitrogen and oxygen atoms in total. The molecule has 0 bridgehead atoms. The number of ether oxygens (including phenoxy) is 4. The summed E-state index contributed by atoms with van der Waals surface area (Å²) in [6.45, 7) is 4.45. The number of carboxylic acids is 1. The van der Waals surface area contributed by atoms with Gasteiger partial charge >= 0.3 is 17.9 Å². The fourth-order valence-electron chi connectivity index (χ4n) is 5.92. The number of allylic oxidation sites excluding steroid dienone is 25. The fourth-order valence-corrected chi connectivity index (χ4v) is 5.92. The Balaban J connectivity index is 4.50. The maximum atomic E-state index is 12.8. The minimum Gasteiger partial charge on any atom is -0.477 e. The third-order valence-corrected chi connectivity index (χ3v) is 9.81. The van der Waals surface area contributed by atoms with E-state index in [1.165, 1.54) is 0 Å². The van der Waals surface area contributed by atoms with Crippen LogP contribution in [-0.2, 0) is 33.3 Å². The van der Waals surface area contributed by atoms with Crippen LogP contribution in [0.4, 0.5) is 0 Å². The van der Waals surface area contributed by atoms with Crippen molar-refractivity contribution in [2.24, 2.45) is 0 Å². The molecule has 69 heavy (non-hydrogen) atoms. The van der Waals surface area contributed by atoms with Crippen LogP contribution in [-0.4, -0.2) is 87.4 Å². The molecule has 0 fully saturated rings. The topological polar surface area (TPSA) is 108 Å². The highest BCUT2D eigenvalue weighted by atomic mass is 16.7. The highest BCUT2D eigenvalue weighted by Crippen LogP contribution is 2.10. The summed E-state index contributed by atoms with van der Waals surface area (Å²) in [4.78, 5) is 37.2. The smallest absolute Gasteiger partial charge is 0.361 e. The third kappa shape index (κ3) is 50.6. The van der Waals surface area contributed by atoms with Crippen molar-refractivity contribution in [3.8, 4) is 0 Å². The highest BCUT2D eigenvalue weighted by Gasteiger charge is 2.25. The SMILES string of the molecule is CC/C=C\C/C=C\C/C=C\C/C=C\C/C=C\C/C=C\C/C=C\C/C=C\CCCCCCC(=O)OC(COC(=O)C/C=C\C/C=C\C/C=C\C/C=C\C/C=C\CC)COC(OCC[N+](C)(C)C)C(=O)O.